The highest BCUT2D eigenvalue weighted by molar-refractivity contribution is 5.80. The first-order chi connectivity index (χ1) is 41.5. The Bertz CT molecular complexity index is 2530. The van der Waals surface area contributed by atoms with Gasteiger partial charge in [-0.05, 0) is 45.8 Å². The molecule has 5 fully saturated rings. The van der Waals surface area contributed by atoms with E-state index in [9.17, 15) is 34.8 Å². The number of carboxylic acids is 1. The van der Waals surface area contributed by atoms with E-state index in [1.807, 2.05) is 39.8 Å². The van der Waals surface area contributed by atoms with Crippen LogP contribution in [0.3, 0.4) is 0 Å². The van der Waals surface area contributed by atoms with E-state index in [1.54, 1.807) is 127 Å². The third-order valence-electron chi connectivity index (χ3n) is 16.9. The van der Waals surface area contributed by atoms with Crippen LogP contribution in [0, 0.1) is 17.3 Å². The molecule has 5 heterocycles. The van der Waals surface area contributed by atoms with Crippen LogP contribution in [0.15, 0.2) is 115 Å². The van der Waals surface area contributed by atoms with Gasteiger partial charge in [0, 0.05) is 78.1 Å². The number of aliphatic hydroxyl groups excluding tert-OH is 3. The number of ether oxygens (including phenoxy) is 13. The van der Waals surface area contributed by atoms with Gasteiger partial charge in [0.25, 0.3) is 0 Å². The van der Waals surface area contributed by atoms with Crippen molar-refractivity contribution in [3.63, 3.8) is 0 Å². The van der Waals surface area contributed by atoms with Crippen LogP contribution >= 0.6 is 0 Å². The number of amides is 1. The Hall–Kier alpha value is -4.83. The largest absolute Gasteiger partial charge is 0.478 e. The summed E-state index contributed by atoms with van der Waals surface area (Å²) in [5, 5.41) is 58.4. The smallest absolute Gasteiger partial charge is 0.328 e. The first-order valence-corrected chi connectivity index (χ1v) is 30.0. The highest BCUT2D eigenvalue weighted by atomic mass is 16.7. The number of nitrogens with one attached hydrogen (secondary N) is 1. The van der Waals surface area contributed by atoms with Gasteiger partial charge in [0.2, 0.25) is 11.7 Å². The quantitative estimate of drug-likeness (QED) is 0.0343. The molecule has 5 aliphatic rings. The monoisotopic (exact) mass is 1230 g/mol. The molecule has 22 heteroatoms. The fourth-order valence-corrected chi connectivity index (χ4v) is 11.9. The Balaban J connectivity index is 1.18. The maximum atomic E-state index is 14.8. The zero-order valence-electron chi connectivity index (χ0n) is 52.2. The van der Waals surface area contributed by atoms with E-state index in [2.05, 4.69) is 5.32 Å². The van der Waals surface area contributed by atoms with E-state index in [4.69, 9.17) is 66.7 Å². The van der Waals surface area contributed by atoms with Crippen molar-refractivity contribution in [3.8, 4) is 0 Å². The number of benzene rings is 1. The molecule has 486 valence electrons. The van der Waals surface area contributed by atoms with Crippen LogP contribution in [0.1, 0.15) is 86.6 Å². The van der Waals surface area contributed by atoms with E-state index < -0.39 is 152 Å². The van der Waals surface area contributed by atoms with Gasteiger partial charge in [-0.1, -0.05) is 124 Å². The summed E-state index contributed by atoms with van der Waals surface area (Å²) in [6.45, 7) is 14.0. The maximum absolute atomic E-state index is 14.8. The number of hydrogen-bond donors (Lipinski definition) is 6. The Morgan fingerprint density at radius 2 is 1.36 bits per heavy atom. The van der Waals surface area contributed by atoms with Gasteiger partial charge < -0.3 is 92.4 Å². The zero-order valence-corrected chi connectivity index (χ0v) is 52.2. The average molecular weight is 1230 g/mol. The lowest BCUT2D eigenvalue weighted by Gasteiger charge is -2.54. The Kier molecular flexibility index (Phi) is 27.7. The van der Waals surface area contributed by atoms with Gasteiger partial charge >= 0.3 is 11.9 Å². The van der Waals surface area contributed by atoms with Crippen molar-refractivity contribution >= 4 is 17.8 Å². The SMILES string of the molecule is C/C=C\C=C\C1OC(O)(C(CO[C@@H]2C[C@@H](OC)[C@@H](O[C@H]3C[C@H](OC)[C@H](O[C@@H]4C[C@@H](OC)[C@@H](O)[C@@H](C)O4)[C@@H](C)O3)[C@@H](C)O2)C(=O)NC/C=C/C=C(\C)C(OC)C(C)C2CC(O)C(/C=C/C=C/C=C/C(=O)O)O2)C(O)C(OC(=O)Cc2ccccc2)C1(C)C. The number of carbonyl (C=O) groups is 3. The molecule has 0 radical (unpaired) electrons. The Labute approximate surface area is 512 Å². The molecule has 87 heavy (non-hydrogen) atoms. The molecule has 0 bridgehead atoms. The van der Waals surface area contributed by atoms with E-state index in [1.165, 1.54) is 20.3 Å². The van der Waals surface area contributed by atoms with Crippen molar-refractivity contribution < 1.29 is 101 Å². The Morgan fingerprint density at radius 1 is 0.759 bits per heavy atom. The molecule has 22 nitrogen and oxygen atoms in total. The molecule has 5 aliphatic heterocycles. The van der Waals surface area contributed by atoms with Crippen LogP contribution in [0.5, 0.6) is 0 Å². The summed E-state index contributed by atoms with van der Waals surface area (Å²) < 4.78 is 80.4. The first-order valence-electron chi connectivity index (χ1n) is 30.0. The molecule has 22 atom stereocenters. The van der Waals surface area contributed by atoms with Crippen LogP contribution < -0.4 is 5.32 Å². The summed E-state index contributed by atoms with van der Waals surface area (Å²) in [5.41, 5.74) is 0.340. The van der Waals surface area contributed by atoms with Crippen molar-refractivity contribution in [2.45, 2.75) is 210 Å². The van der Waals surface area contributed by atoms with Crippen molar-refractivity contribution in [3.05, 3.63) is 120 Å². The number of methoxy groups -OCH3 is 4. The third kappa shape index (κ3) is 19.1. The van der Waals surface area contributed by atoms with Crippen molar-refractivity contribution in [1.82, 2.24) is 5.32 Å². The van der Waals surface area contributed by atoms with Crippen LogP contribution in [0.25, 0.3) is 0 Å². The highest BCUT2D eigenvalue weighted by Gasteiger charge is 2.63. The van der Waals surface area contributed by atoms with Crippen molar-refractivity contribution in [2.75, 3.05) is 41.6 Å². The summed E-state index contributed by atoms with van der Waals surface area (Å²) in [7, 11) is 6.24. The minimum atomic E-state index is -2.74. The molecule has 6 N–H and O–H groups in total. The number of carbonyl (C=O) groups excluding carboxylic acids is 2. The zero-order chi connectivity index (χ0) is 63.6. The minimum absolute atomic E-state index is 0.0526. The maximum Gasteiger partial charge on any atom is 0.328 e. The standard InChI is InChI=1S/C65H95NO21/c1-13-14-18-29-51-64(7,8)62(84-53(70)32-43-26-19-17-20-27-43)61(72)65(74,87-51)44(63(73)66-31-24-23-25-38(2)58(78-12)39(3)47-33-45(67)46(83-47)28-21-15-16-22-30-52(68)69)37-79-54-35-49(76-10)59(41(5)81-54)86-56-36-50(77-11)60(42(6)82-56)85-55-34-48(75-9)57(71)40(4)80-55/h13-30,39-42,44-51,54-62,67,71-72,74H,31-37H2,1-12H3,(H,66,73)(H,68,69)/b14-13-,16-15+,24-23+,28-21+,29-18+,30-22+,38-25+/t39?,40-,41-,42-,44?,45?,46?,47?,48-,49-,50+,51?,54+,55-,56+,57+,58?,59+,60-,61?,62?,65?/m1/s1. The summed E-state index contributed by atoms with van der Waals surface area (Å²) in [5.74, 6) is -7.10. The number of rotatable bonds is 28. The number of allylic oxidation sites excluding steroid dienone is 9. The van der Waals surface area contributed by atoms with Gasteiger partial charge in [-0.25, -0.2) is 4.79 Å². The van der Waals surface area contributed by atoms with Gasteiger partial charge in [-0.15, -0.1) is 0 Å². The predicted octanol–water partition coefficient (Wildman–Crippen LogP) is 5.50. The number of aliphatic hydroxyl groups is 4. The van der Waals surface area contributed by atoms with E-state index in [0.29, 0.717) is 18.4 Å². The molecule has 0 saturated carbocycles. The summed E-state index contributed by atoms with van der Waals surface area (Å²) in [4.78, 5) is 39.3. The van der Waals surface area contributed by atoms with Crippen molar-refractivity contribution in [1.29, 1.82) is 0 Å². The van der Waals surface area contributed by atoms with Crippen molar-refractivity contribution in [2.24, 2.45) is 17.3 Å². The van der Waals surface area contributed by atoms with E-state index >= 15 is 0 Å². The van der Waals surface area contributed by atoms with Gasteiger partial charge in [-0.2, -0.15) is 0 Å². The molecule has 0 spiro atoms. The fourth-order valence-electron chi connectivity index (χ4n) is 11.9. The highest BCUT2D eigenvalue weighted by Crippen LogP contribution is 2.46. The number of hydrogen-bond acceptors (Lipinski definition) is 20. The van der Waals surface area contributed by atoms with Crippen LogP contribution in [0.2, 0.25) is 0 Å². The fraction of sp³-hybridized carbons (Fsp3) is 0.646. The predicted molar refractivity (Wildman–Crippen MR) is 318 cm³/mol. The molecule has 0 aliphatic carbocycles. The number of aliphatic carboxylic acids is 1. The molecule has 1 aromatic rings. The lowest BCUT2D eigenvalue weighted by molar-refractivity contribution is -0.367. The van der Waals surface area contributed by atoms with Gasteiger partial charge in [-0.3, -0.25) is 9.59 Å². The summed E-state index contributed by atoms with van der Waals surface area (Å²) >= 11 is 0. The number of carboxylic acid groups (broad SMARTS) is 1. The summed E-state index contributed by atoms with van der Waals surface area (Å²) in [6, 6.07) is 8.96. The first kappa shape index (κ1) is 71.2. The van der Waals surface area contributed by atoms with E-state index in [0.717, 1.165) is 11.6 Å². The normalized spacial score (nSPS) is 36.3. The summed E-state index contributed by atoms with van der Waals surface area (Å²) in [6.07, 6.45) is 7.81. The second kappa shape index (κ2) is 33.8. The third-order valence-corrected chi connectivity index (χ3v) is 16.9. The molecule has 1 aromatic carbocycles. The second-order valence-corrected chi connectivity index (χ2v) is 23.5. The lowest BCUT2D eigenvalue weighted by atomic mass is 9.71. The molecule has 0 aromatic heterocycles. The van der Waals surface area contributed by atoms with Crippen LogP contribution in [0.4, 0.5) is 0 Å². The van der Waals surface area contributed by atoms with Crippen LogP contribution in [-0.4, -0.2) is 207 Å². The molecular weight excluding hydrogens is 1130 g/mol. The molecule has 10 unspecified atom stereocenters. The van der Waals surface area contributed by atoms with E-state index in [-0.39, 0.29) is 37.8 Å². The van der Waals surface area contributed by atoms with Gasteiger partial charge in [0.15, 0.2) is 18.9 Å². The molecule has 6 rings (SSSR count). The van der Waals surface area contributed by atoms with Gasteiger partial charge in [0.05, 0.1) is 74.1 Å². The lowest BCUT2D eigenvalue weighted by Crippen LogP contribution is -2.70. The van der Waals surface area contributed by atoms with Gasteiger partial charge in [0.1, 0.15) is 42.5 Å². The molecule has 5 saturated heterocycles. The van der Waals surface area contributed by atoms with Crippen LogP contribution in [-0.2, 0) is 82.4 Å². The second-order valence-electron chi connectivity index (χ2n) is 23.5. The molecule has 1 amide bonds. The topological polar surface area (TPSA) is 284 Å². The average Bonchev–Trinajstić information content (AvgIpc) is 1.46. The Morgan fingerprint density at radius 3 is 1.98 bits per heavy atom. The molecular formula is C65H95NO21. The minimum Gasteiger partial charge on any atom is -0.478 e. The number of esters is 1.